The summed E-state index contributed by atoms with van der Waals surface area (Å²) in [6.07, 6.45) is 7.86. The maximum absolute atomic E-state index is 11.8. The Balaban J connectivity index is 1.78. The van der Waals surface area contributed by atoms with E-state index in [1.54, 1.807) is 12.5 Å². The number of ether oxygens (including phenoxy) is 2. The number of hydrogen-bond acceptors (Lipinski definition) is 5. The van der Waals surface area contributed by atoms with Crippen molar-refractivity contribution in [2.24, 2.45) is 22.7 Å². The third-order valence-electron chi connectivity index (χ3n) is 7.78. The standard InChI is InChI=1S/C22H30O5/c1-13-6-5-7-19-21(13,4)10-17(26-15(3)23)14(2)22(19)11-18(27-20(22)24)16-8-9-25-12-16/h6,8-9,12,14,17-20,24H,5,7,10-11H2,1-4H3/t14-,17-,18-,19+,20-,21+,22-/m1/s1. The normalized spacial score (nSPS) is 44.0. The van der Waals surface area contributed by atoms with E-state index in [1.165, 1.54) is 12.5 Å². The number of carbonyl (C=O) groups excluding carboxylic acids is 1. The molecular formula is C22H30O5. The topological polar surface area (TPSA) is 68.9 Å². The second kappa shape index (κ2) is 6.49. The highest BCUT2D eigenvalue weighted by Gasteiger charge is 2.66. The quantitative estimate of drug-likeness (QED) is 0.614. The number of carbonyl (C=O) groups is 1. The molecule has 1 saturated heterocycles. The Morgan fingerprint density at radius 2 is 2.15 bits per heavy atom. The highest BCUT2D eigenvalue weighted by Crippen LogP contribution is 2.67. The van der Waals surface area contributed by atoms with Gasteiger partial charge >= 0.3 is 5.97 Å². The molecule has 3 aliphatic rings. The molecule has 5 nitrogen and oxygen atoms in total. The minimum Gasteiger partial charge on any atom is -0.472 e. The number of esters is 1. The molecule has 2 heterocycles. The maximum atomic E-state index is 11.8. The summed E-state index contributed by atoms with van der Waals surface area (Å²) in [5.74, 6) is 0.0299. The molecule has 7 atom stereocenters. The van der Waals surface area contributed by atoms with Crippen LogP contribution in [0.25, 0.3) is 0 Å². The molecule has 0 radical (unpaired) electrons. The van der Waals surface area contributed by atoms with E-state index in [0.29, 0.717) is 6.42 Å². The zero-order chi connectivity index (χ0) is 19.4. The van der Waals surface area contributed by atoms with Crippen LogP contribution in [0.4, 0.5) is 0 Å². The molecule has 5 heteroatoms. The van der Waals surface area contributed by atoms with Gasteiger partial charge in [-0.25, -0.2) is 0 Å². The van der Waals surface area contributed by atoms with Crippen LogP contribution in [0.2, 0.25) is 0 Å². The van der Waals surface area contributed by atoms with E-state index in [2.05, 4.69) is 26.8 Å². The summed E-state index contributed by atoms with van der Waals surface area (Å²) in [5, 5.41) is 11.2. The van der Waals surface area contributed by atoms with Crippen molar-refractivity contribution in [2.75, 3.05) is 0 Å². The van der Waals surface area contributed by atoms with E-state index < -0.39 is 11.7 Å². The Morgan fingerprint density at radius 3 is 2.81 bits per heavy atom. The number of aliphatic hydroxyl groups is 1. The van der Waals surface area contributed by atoms with E-state index in [4.69, 9.17) is 13.9 Å². The Kier molecular flexibility index (Phi) is 4.51. The van der Waals surface area contributed by atoms with Crippen LogP contribution in [-0.2, 0) is 14.3 Å². The van der Waals surface area contributed by atoms with E-state index in [9.17, 15) is 9.90 Å². The van der Waals surface area contributed by atoms with Gasteiger partial charge in [0.25, 0.3) is 0 Å². The van der Waals surface area contributed by atoms with E-state index >= 15 is 0 Å². The van der Waals surface area contributed by atoms with Crippen molar-refractivity contribution in [1.82, 2.24) is 0 Å². The highest BCUT2D eigenvalue weighted by atomic mass is 16.6. The molecule has 1 aromatic rings. The first-order valence-corrected chi connectivity index (χ1v) is 9.99. The molecule has 0 unspecified atom stereocenters. The monoisotopic (exact) mass is 374 g/mol. The summed E-state index contributed by atoms with van der Waals surface area (Å²) >= 11 is 0. The molecular weight excluding hydrogens is 344 g/mol. The Bertz CT molecular complexity index is 738. The fraction of sp³-hybridized carbons (Fsp3) is 0.682. The fourth-order valence-electron chi connectivity index (χ4n) is 6.21. The van der Waals surface area contributed by atoms with E-state index in [0.717, 1.165) is 24.8 Å². The minimum absolute atomic E-state index is 0.0114. The van der Waals surface area contributed by atoms with Gasteiger partial charge in [0.2, 0.25) is 0 Å². The van der Waals surface area contributed by atoms with Crippen molar-refractivity contribution in [2.45, 2.75) is 71.9 Å². The minimum atomic E-state index is -0.888. The molecule has 0 bridgehead atoms. The van der Waals surface area contributed by atoms with Gasteiger partial charge in [0.1, 0.15) is 6.10 Å². The number of furan rings is 1. The van der Waals surface area contributed by atoms with Crippen molar-refractivity contribution in [3.8, 4) is 0 Å². The van der Waals surface area contributed by atoms with Gasteiger partial charge in [-0.1, -0.05) is 25.5 Å². The van der Waals surface area contributed by atoms with Gasteiger partial charge in [0.15, 0.2) is 6.29 Å². The first-order chi connectivity index (χ1) is 12.8. The predicted molar refractivity (Wildman–Crippen MR) is 99.5 cm³/mol. The van der Waals surface area contributed by atoms with Crippen LogP contribution in [0.15, 0.2) is 34.7 Å². The summed E-state index contributed by atoms with van der Waals surface area (Å²) in [7, 11) is 0. The molecule has 148 valence electrons. The van der Waals surface area contributed by atoms with Crippen LogP contribution in [0.1, 0.15) is 65.0 Å². The average Bonchev–Trinajstić information content (AvgIpc) is 3.23. The Morgan fingerprint density at radius 1 is 1.37 bits per heavy atom. The van der Waals surface area contributed by atoms with Crippen LogP contribution in [-0.4, -0.2) is 23.5 Å². The van der Waals surface area contributed by atoms with Gasteiger partial charge < -0.3 is 19.0 Å². The molecule has 1 aromatic heterocycles. The van der Waals surface area contributed by atoms with Gasteiger partial charge in [-0.3, -0.25) is 4.79 Å². The van der Waals surface area contributed by atoms with Gasteiger partial charge in [0.05, 0.1) is 18.6 Å². The van der Waals surface area contributed by atoms with Crippen molar-refractivity contribution in [1.29, 1.82) is 0 Å². The highest BCUT2D eigenvalue weighted by molar-refractivity contribution is 5.66. The largest absolute Gasteiger partial charge is 0.472 e. The zero-order valence-electron chi connectivity index (χ0n) is 16.6. The second-order valence-electron chi connectivity index (χ2n) is 8.93. The van der Waals surface area contributed by atoms with Crippen LogP contribution >= 0.6 is 0 Å². The molecule has 2 aliphatic carbocycles. The maximum Gasteiger partial charge on any atom is 0.302 e. The lowest BCUT2D eigenvalue weighted by atomic mass is 9.45. The third-order valence-corrected chi connectivity index (χ3v) is 7.78. The Hall–Kier alpha value is -1.59. The SMILES string of the molecule is CC(=O)O[C@@H]1C[C@@]2(C)C(C)=CCC[C@@H]2[C@@]2(C[C@H](c3ccoc3)O[C@H]2O)[C@@H]1C. The zero-order valence-corrected chi connectivity index (χ0v) is 16.6. The van der Waals surface area contributed by atoms with Crippen LogP contribution in [0.5, 0.6) is 0 Å². The molecule has 27 heavy (non-hydrogen) atoms. The summed E-state index contributed by atoms with van der Waals surface area (Å²) in [4.78, 5) is 11.8. The number of aliphatic hydroxyl groups excluding tert-OH is 1. The molecule has 1 N–H and O–H groups in total. The van der Waals surface area contributed by atoms with Crippen molar-refractivity contribution >= 4 is 5.97 Å². The van der Waals surface area contributed by atoms with Crippen LogP contribution in [0.3, 0.4) is 0 Å². The van der Waals surface area contributed by atoms with Gasteiger partial charge in [0, 0.05) is 23.8 Å². The first kappa shape index (κ1) is 18.8. The summed E-state index contributed by atoms with van der Waals surface area (Å²) in [5.41, 5.74) is 1.73. The molecule has 4 rings (SSSR count). The van der Waals surface area contributed by atoms with E-state index in [1.807, 2.05) is 6.07 Å². The van der Waals surface area contributed by atoms with Gasteiger partial charge in [-0.2, -0.15) is 0 Å². The van der Waals surface area contributed by atoms with E-state index in [-0.39, 0.29) is 35.4 Å². The molecule has 0 aromatic carbocycles. The number of fused-ring (bicyclic) bond motifs is 2. The average molecular weight is 374 g/mol. The summed E-state index contributed by atoms with van der Waals surface area (Å²) < 4.78 is 17.1. The van der Waals surface area contributed by atoms with Crippen LogP contribution in [0, 0.1) is 22.7 Å². The van der Waals surface area contributed by atoms with Crippen molar-refractivity contribution in [3.05, 3.63) is 35.8 Å². The number of allylic oxidation sites excluding steroid dienone is 2. The molecule has 1 saturated carbocycles. The third kappa shape index (κ3) is 2.70. The molecule has 1 spiro atoms. The summed E-state index contributed by atoms with van der Waals surface area (Å²) in [6, 6.07) is 1.90. The fourth-order valence-corrected chi connectivity index (χ4v) is 6.21. The van der Waals surface area contributed by atoms with Crippen molar-refractivity contribution < 1.29 is 23.8 Å². The lowest BCUT2D eigenvalue weighted by Crippen LogP contribution is -2.60. The molecule has 0 amide bonds. The molecule has 2 fully saturated rings. The predicted octanol–water partition coefficient (Wildman–Crippen LogP) is 4.38. The smallest absolute Gasteiger partial charge is 0.302 e. The lowest BCUT2D eigenvalue weighted by molar-refractivity contribution is -0.223. The van der Waals surface area contributed by atoms with Gasteiger partial charge in [-0.05, 0) is 50.0 Å². The number of hydrogen-bond donors (Lipinski definition) is 1. The second-order valence-corrected chi connectivity index (χ2v) is 8.93. The van der Waals surface area contributed by atoms with Crippen LogP contribution < -0.4 is 0 Å². The molecule has 1 aliphatic heterocycles. The number of rotatable bonds is 2. The first-order valence-electron chi connectivity index (χ1n) is 9.99. The van der Waals surface area contributed by atoms with Gasteiger partial charge in [-0.15, -0.1) is 0 Å². The van der Waals surface area contributed by atoms with Crippen molar-refractivity contribution in [3.63, 3.8) is 0 Å². The lowest BCUT2D eigenvalue weighted by Gasteiger charge is -2.60. The Labute approximate surface area is 160 Å². The summed E-state index contributed by atoms with van der Waals surface area (Å²) in [6.45, 7) is 8.03.